The average Bonchev–Trinajstić information content (AvgIpc) is 2.21. The first-order valence-corrected chi connectivity index (χ1v) is 5.30. The number of hydrogen-bond donors (Lipinski definition) is 3. The van der Waals surface area contributed by atoms with Crippen LogP contribution in [0.1, 0.15) is 27.2 Å². The van der Waals surface area contributed by atoms with Gasteiger partial charge in [-0.05, 0) is 12.8 Å². The Labute approximate surface area is 95.9 Å². The molecular formula is C11H20N2O3. The molecule has 2 atom stereocenters. The number of amides is 2. The van der Waals surface area contributed by atoms with E-state index >= 15 is 0 Å². The van der Waals surface area contributed by atoms with Crippen LogP contribution in [-0.2, 0) is 4.79 Å². The molecule has 0 aromatic carbocycles. The van der Waals surface area contributed by atoms with Crippen molar-refractivity contribution in [3.8, 4) is 0 Å². The summed E-state index contributed by atoms with van der Waals surface area (Å²) in [6.45, 7) is 9.43. The second-order valence-electron chi connectivity index (χ2n) is 3.99. The van der Waals surface area contributed by atoms with E-state index in [2.05, 4.69) is 17.2 Å². The third-order valence-electron chi connectivity index (χ3n) is 2.32. The van der Waals surface area contributed by atoms with Crippen molar-refractivity contribution in [2.45, 2.75) is 33.2 Å². The molecule has 0 unspecified atom stereocenters. The predicted molar refractivity (Wildman–Crippen MR) is 62.2 cm³/mol. The highest BCUT2D eigenvalue weighted by molar-refractivity contribution is 5.82. The van der Waals surface area contributed by atoms with Crippen LogP contribution >= 0.6 is 0 Å². The molecule has 3 N–H and O–H groups in total. The molecule has 0 aliphatic carbocycles. The van der Waals surface area contributed by atoms with Gasteiger partial charge in [-0.15, -0.1) is 0 Å². The fraction of sp³-hybridized carbons (Fsp3) is 0.636. The van der Waals surface area contributed by atoms with Gasteiger partial charge in [0.1, 0.15) is 6.04 Å². The minimum absolute atomic E-state index is 0.104. The number of aliphatic carboxylic acids is 1. The molecule has 0 fully saturated rings. The van der Waals surface area contributed by atoms with Crippen molar-refractivity contribution in [1.82, 2.24) is 10.6 Å². The number of rotatable bonds is 6. The average molecular weight is 228 g/mol. The first kappa shape index (κ1) is 14.5. The zero-order valence-corrected chi connectivity index (χ0v) is 10.0. The lowest BCUT2D eigenvalue weighted by Crippen LogP contribution is -2.49. The van der Waals surface area contributed by atoms with Crippen LogP contribution in [0.2, 0.25) is 0 Å². The zero-order chi connectivity index (χ0) is 12.7. The summed E-state index contributed by atoms with van der Waals surface area (Å²) in [7, 11) is 0. The highest BCUT2D eigenvalue weighted by Gasteiger charge is 2.24. The quantitative estimate of drug-likeness (QED) is 0.601. The normalized spacial score (nSPS) is 13.7. The molecule has 2 amide bonds. The minimum Gasteiger partial charge on any atom is -0.480 e. The van der Waals surface area contributed by atoms with Gasteiger partial charge in [-0.3, -0.25) is 0 Å². The Balaban J connectivity index is 4.24. The van der Waals surface area contributed by atoms with Crippen LogP contribution in [0.5, 0.6) is 0 Å². The summed E-state index contributed by atoms with van der Waals surface area (Å²) in [5.74, 6) is -1.12. The van der Waals surface area contributed by atoms with Crippen LogP contribution in [0.3, 0.4) is 0 Å². The summed E-state index contributed by atoms with van der Waals surface area (Å²) in [5, 5.41) is 13.9. The lowest BCUT2D eigenvalue weighted by Gasteiger charge is -2.20. The molecule has 5 heteroatoms. The van der Waals surface area contributed by atoms with Crippen LogP contribution in [0, 0.1) is 5.92 Å². The lowest BCUT2D eigenvalue weighted by molar-refractivity contribution is -0.140. The third-order valence-corrected chi connectivity index (χ3v) is 2.32. The highest BCUT2D eigenvalue weighted by atomic mass is 16.4. The van der Waals surface area contributed by atoms with E-state index in [0.29, 0.717) is 13.0 Å². The van der Waals surface area contributed by atoms with Crippen molar-refractivity contribution < 1.29 is 14.7 Å². The van der Waals surface area contributed by atoms with Crippen LogP contribution in [0.15, 0.2) is 12.2 Å². The fourth-order valence-corrected chi connectivity index (χ4v) is 1.11. The smallest absolute Gasteiger partial charge is 0.326 e. The zero-order valence-electron chi connectivity index (χ0n) is 10.0. The second kappa shape index (κ2) is 6.87. The molecule has 0 aromatic heterocycles. The van der Waals surface area contributed by atoms with E-state index in [0.717, 1.165) is 5.57 Å². The number of hydrogen-bond acceptors (Lipinski definition) is 2. The van der Waals surface area contributed by atoms with Crippen molar-refractivity contribution >= 4 is 12.0 Å². The molecule has 0 spiro atoms. The first-order valence-electron chi connectivity index (χ1n) is 5.30. The summed E-state index contributed by atoms with van der Waals surface area (Å²) in [5.41, 5.74) is 0.811. The number of carboxylic acids is 1. The van der Waals surface area contributed by atoms with E-state index in [-0.39, 0.29) is 5.92 Å². The largest absolute Gasteiger partial charge is 0.480 e. The van der Waals surface area contributed by atoms with Crippen LogP contribution in [0.4, 0.5) is 4.79 Å². The Hall–Kier alpha value is -1.52. The molecule has 0 aliphatic heterocycles. The van der Waals surface area contributed by atoms with E-state index in [4.69, 9.17) is 5.11 Å². The van der Waals surface area contributed by atoms with Gasteiger partial charge in [0.05, 0.1) is 0 Å². The molecule has 5 nitrogen and oxygen atoms in total. The van der Waals surface area contributed by atoms with E-state index in [1.165, 1.54) is 0 Å². The Morgan fingerprint density at radius 3 is 2.38 bits per heavy atom. The standard InChI is InChI=1S/C11H20N2O3/c1-5-8(4)9(10(14)15)13-11(16)12-6-7(2)3/h8-9H,2,5-6H2,1,3-4H3,(H,14,15)(H2,12,13,16)/t8-,9-/m0/s1. The molecule has 0 bridgehead atoms. The number of carbonyl (C=O) groups excluding carboxylic acids is 1. The van der Waals surface area contributed by atoms with E-state index in [9.17, 15) is 9.59 Å². The Morgan fingerprint density at radius 1 is 1.44 bits per heavy atom. The van der Waals surface area contributed by atoms with Crippen molar-refractivity contribution in [2.24, 2.45) is 5.92 Å². The number of carbonyl (C=O) groups is 2. The summed E-state index contributed by atoms with van der Waals surface area (Å²) < 4.78 is 0. The van der Waals surface area contributed by atoms with E-state index in [1.54, 1.807) is 13.8 Å². The SMILES string of the molecule is C=C(C)CNC(=O)N[C@H](C(=O)O)[C@@H](C)CC. The van der Waals surface area contributed by atoms with Gasteiger partial charge in [-0.2, -0.15) is 0 Å². The maximum Gasteiger partial charge on any atom is 0.326 e. The van der Waals surface area contributed by atoms with Crippen molar-refractivity contribution in [3.63, 3.8) is 0 Å². The van der Waals surface area contributed by atoms with Crippen molar-refractivity contribution in [2.75, 3.05) is 6.54 Å². The van der Waals surface area contributed by atoms with Gasteiger partial charge in [0, 0.05) is 6.54 Å². The van der Waals surface area contributed by atoms with Crippen LogP contribution in [0.25, 0.3) is 0 Å². The molecule has 0 aromatic rings. The molecule has 0 saturated heterocycles. The molecular weight excluding hydrogens is 208 g/mol. The molecule has 0 saturated carbocycles. The van der Waals surface area contributed by atoms with Crippen molar-refractivity contribution in [1.29, 1.82) is 0 Å². The second-order valence-corrected chi connectivity index (χ2v) is 3.99. The Kier molecular flexibility index (Phi) is 6.22. The Bertz CT molecular complexity index is 276. The molecule has 0 rings (SSSR count). The van der Waals surface area contributed by atoms with Crippen molar-refractivity contribution in [3.05, 3.63) is 12.2 Å². The van der Waals surface area contributed by atoms with Gasteiger partial charge in [-0.1, -0.05) is 32.4 Å². The lowest BCUT2D eigenvalue weighted by atomic mass is 9.99. The van der Waals surface area contributed by atoms with Crippen LogP contribution in [-0.4, -0.2) is 29.7 Å². The summed E-state index contributed by atoms with van der Waals surface area (Å²) in [6.07, 6.45) is 0.692. The topological polar surface area (TPSA) is 78.4 Å². The summed E-state index contributed by atoms with van der Waals surface area (Å²) in [4.78, 5) is 22.3. The molecule has 0 aliphatic rings. The molecule has 16 heavy (non-hydrogen) atoms. The highest BCUT2D eigenvalue weighted by Crippen LogP contribution is 2.07. The maximum atomic E-state index is 11.4. The Morgan fingerprint density at radius 2 is 2.00 bits per heavy atom. The van der Waals surface area contributed by atoms with Crippen LogP contribution < -0.4 is 10.6 Å². The third kappa shape index (κ3) is 5.38. The summed E-state index contributed by atoms with van der Waals surface area (Å²) in [6, 6.07) is -1.33. The molecule has 0 radical (unpaired) electrons. The monoisotopic (exact) mass is 228 g/mol. The van der Waals surface area contributed by atoms with Gasteiger partial charge >= 0.3 is 12.0 Å². The van der Waals surface area contributed by atoms with Gasteiger partial charge in [0.2, 0.25) is 0 Å². The maximum absolute atomic E-state index is 11.4. The van der Waals surface area contributed by atoms with Gasteiger partial charge in [0.25, 0.3) is 0 Å². The molecule has 0 heterocycles. The number of nitrogens with one attached hydrogen (secondary N) is 2. The van der Waals surface area contributed by atoms with E-state index < -0.39 is 18.0 Å². The number of carboxylic acid groups (broad SMARTS) is 1. The van der Waals surface area contributed by atoms with Gasteiger partial charge in [0.15, 0.2) is 0 Å². The fourth-order valence-electron chi connectivity index (χ4n) is 1.11. The molecule has 92 valence electrons. The first-order chi connectivity index (χ1) is 7.38. The number of urea groups is 1. The minimum atomic E-state index is -1.01. The van der Waals surface area contributed by atoms with Gasteiger partial charge < -0.3 is 15.7 Å². The van der Waals surface area contributed by atoms with E-state index in [1.807, 2.05) is 6.92 Å². The summed E-state index contributed by atoms with van der Waals surface area (Å²) >= 11 is 0. The predicted octanol–water partition coefficient (Wildman–Crippen LogP) is 1.36. The van der Waals surface area contributed by atoms with Gasteiger partial charge in [-0.25, -0.2) is 9.59 Å².